The number of halogens is 1. The van der Waals surface area contributed by atoms with E-state index in [0.717, 1.165) is 12.2 Å². The van der Waals surface area contributed by atoms with Gasteiger partial charge in [0.1, 0.15) is 11.4 Å². The van der Waals surface area contributed by atoms with Gasteiger partial charge in [0, 0.05) is 18.4 Å². The second-order valence-electron chi connectivity index (χ2n) is 7.41. The number of para-hydroxylation sites is 1. The summed E-state index contributed by atoms with van der Waals surface area (Å²) in [6, 6.07) is 16.9. The molecular weight excluding hydrogens is 400 g/mol. The average molecular weight is 425 g/mol. The number of carbonyl (C=O) groups excluding carboxylic acids is 1. The minimum Gasteiger partial charge on any atom is -0.470 e. The van der Waals surface area contributed by atoms with Gasteiger partial charge in [0.05, 0.1) is 5.02 Å². The summed E-state index contributed by atoms with van der Waals surface area (Å²) in [5.74, 6) is 0.310. The highest BCUT2D eigenvalue weighted by Gasteiger charge is 2.14. The number of nitrogens with one attached hydrogen (secondary N) is 1. The van der Waals surface area contributed by atoms with Crippen molar-refractivity contribution < 1.29 is 9.53 Å². The standard InChI is InChI=1S/C23H25ClN4O2/c24-20-6-2-3-7-22(20)30-17-28-21(12-13-25-28)23(29)26-19-10-8-18(9-11-19)16-27-14-4-1-5-15-27/h2-3,6-13H,1,4-5,14-17H2,(H,26,29). The number of nitrogens with zero attached hydrogens (tertiary/aromatic N) is 3. The topological polar surface area (TPSA) is 59.4 Å². The Morgan fingerprint density at radius 2 is 1.80 bits per heavy atom. The number of anilines is 1. The zero-order valence-corrected chi connectivity index (χ0v) is 17.5. The van der Waals surface area contributed by atoms with E-state index in [0.29, 0.717) is 16.5 Å². The normalized spacial score (nSPS) is 14.4. The van der Waals surface area contributed by atoms with E-state index < -0.39 is 0 Å². The van der Waals surface area contributed by atoms with Crippen LogP contribution >= 0.6 is 11.6 Å². The maximum Gasteiger partial charge on any atom is 0.274 e. The molecule has 0 radical (unpaired) electrons. The number of amides is 1. The lowest BCUT2D eigenvalue weighted by Gasteiger charge is -2.26. The zero-order chi connectivity index (χ0) is 20.8. The van der Waals surface area contributed by atoms with Crippen LogP contribution in [0.3, 0.4) is 0 Å². The number of ether oxygens (including phenoxy) is 1. The van der Waals surface area contributed by atoms with Gasteiger partial charge in [-0.25, -0.2) is 4.68 Å². The number of benzene rings is 2. The van der Waals surface area contributed by atoms with Crippen molar-refractivity contribution in [3.05, 3.63) is 77.1 Å². The van der Waals surface area contributed by atoms with Gasteiger partial charge in [-0.05, 0) is 61.8 Å². The second kappa shape index (κ2) is 9.78. The number of aromatic nitrogens is 2. The minimum absolute atomic E-state index is 0.0915. The first-order valence-corrected chi connectivity index (χ1v) is 10.6. The molecule has 0 saturated carbocycles. The van der Waals surface area contributed by atoms with E-state index in [4.69, 9.17) is 16.3 Å². The zero-order valence-electron chi connectivity index (χ0n) is 16.8. The van der Waals surface area contributed by atoms with Gasteiger partial charge in [-0.3, -0.25) is 9.69 Å². The Morgan fingerprint density at radius 3 is 2.57 bits per heavy atom. The van der Waals surface area contributed by atoms with Crippen LogP contribution < -0.4 is 10.1 Å². The van der Waals surface area contributed by atoms with Crippen LogP contribution in [0.2, 0.25) is 5.02 Å². The van der Waals surface area contributed by atoms with Crippen LogP contribution in [-0.2, 0) is 13.3 Å². The molecule has 1 aliphatic rings. The van der Waals surface area contributed by atoms with Gasteiger partial charge < -0.3 is 10.1 Å². The Morgan fingerprint density at radius 1 is 1.03 bits per heavy atom. The van der Waals surface area contributed by atoms with E-state index in [2.05, 4.69) is 27.4 Å². The molecule has 156 valence electrons. The maximum absolute atomic E-state index is 12.7. The van der Waals surface area contributed by atoms with Crippen molar-refractivity contribution >= 4 is 23.2 Å². The third-order valence-corrected chi connectivity index (χ3v) is 5.51. The van der Waals surface area contributed by atoms with Crippen molar-refractivity contribution in [1.29, 1.82) is 0 Å². The second-order valence-corrected chi connectivity index (χ2v) is 7.81. The van der Waals surface area contributed by atoms with Gasteiger partial charge in [-0.15, -0.1) is 0 Å². The fourth-order valence-corrected chi connectivity index (χ4v) is 3.78. The molecule has 0 atom stereocenters. The molecule has 7 heteroatoms. The number of piperidine rings is 1. The van der Waals surface area contributed by atoms with E-state index in [1.807, 2.05) is 24.3 Å². The fraction of sp³-hybridized carbons (Fsp3) is 0.304. The summed E-state index contributed by atoms with van der Waals surface area (Å²) in [6.07, 6.45) is 5.47. The number of rotatable bonds is 7. The van der Waals surface area contributed by atoms with Gasteiger partial charge in [0.25, 0.3) is 5.91 Å². The molecule has 1 fully saturated rings. The van der Waals surface area contributed by atoms with Crippen LogP contribution in [0.5, 0.6) is 5.75 Å². The highest BCUT2D eigenvalue weighted by molar-refractivity contribution is 6.32. The molecule has 1 aliphatic heterocycles. The maximum atomic E-state index is 12.7. The van der Waals surface area contributed by atoms with E-state index >= 15 is 0 Å². The van der Waals surface area contributed by atoms with Crippen LogP contribution in [0, 0.1) is 0 Å². The largest absolute Gasteiger partial charge is 0.470 e. The SMILES string of the molecule is O=C(Nc1ccc(CN2CCCCC2)cc1)c1ccnn1COc1ccccc1Cl. The van der Waals surface area contributed by atoms with Crippen molar-refractivity contribution in [2.24, 2.45) is 0 Å². The molecule has 1 amide bonds. The third-order valence-electron chi connectivity index (χ3n) is 5.19. The van der Waals surface area contributed by atoms with Gasteiger partial charge in [-0.1, -0.05) is 42.3 Å². The number of carbonyl (C=O) groups is 1. The highest BCUT2D eigenvalue weighted by atomic mass is 35.5. The number of hydrogen-bond acceptors (Lipinski definition) is 4. The molecule has 1 saturated heterocycles. The van der Waals surface area contributed by atoms with Gasteiger partial charge in [-0.2, -0.15) is 5.10 Å². The molecule has 4 rings (SSSR count). The number of likely N-dealkylation sites (tertiary alicyclic amines) is 1. The van der Waals surface area contributed by atoms with Crippen molar-refractivity contribution in [1.82, 2.24) is 14.7 Å². The quantitative estimate of drug-likeness (QED) is 0.591. The van der Waals surface area contributed by atoms with Crippen molar-refractivity contribution in [3.63, 3.8) is 0 Å². The summed E-state index contributed by atoms with van der Waals surface area (Å²) in [7, 11) is 0. The van der Waals surface area contributed by atoms with Crippen molar-refractivity contribution in [2.45, 2.75) is 32.5 Å². The molecule has 0 aliphatic carbocycles. The lowest BCUT2D eigenvalue weighted by Crippen LogP contribution is -2.29. The Hall–Kier alpha value is -2.83. The molecule has 2 heterocycles. The lowest BCUT2D eigenvalue weighted by atomic mass is 10.1. The monoisotopic (exact) mass is 424 g/mol. The van der Waals surface area contributed by atoms with Crippen LogP contribution in [0.4, 0.5) is 5.69 Å². The molecule has 6 nitrogen and oxygen atoms in total. The molecule has 0 spiro atoms. The predicted octanol–water partition coefficient (Wildman–Crippen LogP) is 4.81. The van der Waals surface area contributed by atoms with Gasteiger partial charge in [0.15, 0.2) is 6.73 Å². The fourth-order valence-electron chi connectivity index (χ4n) is 3.59. The molecule has 2 aromatic carbocycles. The first kappa shape index (κ1) is 20.4. The molecule has 0 unspecified atom stereocenters. The van der Waals surface area contributed by atoms with Crippen LogP contribution in [0.15, 0.2) is 60.8 Å². The lowest BCUT2D eigenvalue weighted by molar-refractivity contribution is 0.100. The molecule has 0 bridgehead atoms. The first-order chi connectivity index (χ1) is 14.7. The highest BCUT2D eigenvalue weighted by Crippen LogP contribution is 2.23. The molecular formula is C23H25ClN4O2. The predicted molar refractivity (Wildman–Crippen MR) is 118 cm³/mol. The molecule has 30 heavy (non-hydrogen) atoms. The summed E-state index contributed by atoms with van der Waals surface area (Å²) < 4.78 is 7.20. The van der Waals surface area contributed by atoms with E-state index in [-0.39, 0.29) is 12.6 Å². The Kier molecular flexibility index (Phi) is 6.67. The van der Waals surface area contributed by atoms with Crippen LogP contribution in [0.1, 0.15) is 35.3 Å². The Labute approximate surface area is 181 Å². The molecule has 1 N–H and O–H groups in total. The first-order valence-electron chi connectivity index (χ1n) is 10.2. The van der Waals surface area contributed by atoms with Crippen LogP contribution in [0.25, 0.3) is 0 Å². The smallest absolute Gasteiger partial charge is 0.274 e. The number of hydrogen-bond donors (Lipinski definition) is 1. The van der Waals surface area contributed by atoms with E-state index in [9.17, 15) is 4.79 Å². The minimum atomic E-state index is -0.237. The van der Waals surface area contributed by atoms with E-state index in [1.54, 1.807) is 24.4 Å². The van der Waals surface area contributed by atoms with Gasteiger partial charge in [0.2, 0.25) is 0 Å². The summed E-state index contributed by atoms with van der Waals surface area (Å²) in [5.41, 5.74) is 2.43. The van der Waals surface area contributed by atoms with E-state index in [1.165, 1.54) is 42.6 Å². The van der Waals surface area contributed by atoms with Crippen molar-refractivity contribution in [2.75, 3.05) is 18.4 Å². The summed E-state index contributed by atoms with van der Waals surface area (Å²) in [6.45, 7) is 3.38. The Balaban J connectivity index is 1.35. The van der Waals surface area contributed by atoms with Gasteiger partial charge >= 0.3 is 0 Å². The summed E-state index contributed by atoms with van der Waals surface area (Å²) in [5, 5.41) is 7.63. The third kappa shape index (κ3) is 5.20. The van der Waals surface area contributed by atoms with Crippen LogP contribution in [-0.4, -0.2) is 33.7 Å². The van der Waals surface area contributed by atoms with Crippen molar-refractivity contribution in [3.8, 4) is 5.75 Å². The molecule has 3 aromatic rings. The summed E-state index contributed by atoms with van der Waals surface area (Å²) in [4.78, 5) is 15.2. The Bertz CT molecular complexity index is 981. The average Bonchev–Trinajstić information content (AvgIpc) is 3.24. The molecule has 1 aromatic heterocycles. The summed E-state index contributed by atoms with van der Waals surface area (Å²) >= 11 is 6.11.